The first-order valence-electron chi connectivity index (χ1n) is 11.0. The molecule has 0 saturated carbocycles. The summed E-state index contributed by atoms with van der Waals surface area (Å²) in [4.78, 5) is 19.4. The zero-order chi connectivity index (χ0) is 25.2. The average molecular weight is 531 g/mol. The topological polar surface area (TPSA) is 104 Å². The van der Waals surface area contributed by atoms with Gasteiger partial charge >= 0.3 is 0 Å². The third-order valence-electron chi connectivity index (χ3n) is 5.71. The van der Waals surface area contributed by atoms with Crippen molar-refractivity contribution in [3.05, 3.63) is 68.8 Å². The fraction of sp³-hybridized carbons (Fsp3) is 0.208. The van der Waals surface area contributed by atoms with E-state index in [2.05, 4.69) is 30.7 Å². The van der Waals surface area contributed by atoms with Crippen LogP contribution in [0.3, 0.4) is 0 Å². The average Bonchev–Trinajstić information content (AvgIpc) is 2.87. The van der Waals surface area contributed by atoms with E-state index in [1.165, 1.54) is 12.3 Å². The number of piperazine rings is 1. The molecule has 1 aliphatic rings. The number of anilines is 3. The quantitative estimate of drug-likeness (QED) is 0.329. The predicted octanol–water partition coefficient (Wildman–Crippen LogP) is 4.72. The summed E-state index contributed by atoms with van der Waals surface area (Å²) in [5.41, 5.74) is 1.18. The van der Waals surface area contributed by atoms with Gasteiger partial charge in [0.25, 0.3) is 5.56 Å². The van der Waals surface area contributed by atoms with E-state index in [4.69, 9.17) is 32.7 Å². The van der Waals surface area contributed by atoms with E-state index < -0.39 is 11.4 Å². The Morgan fingerprint density at radius 3 is 2.58 bits per heavy atom. The van der Waals surface area contributed by atoms with Crippen molar-refractivity contribution in [3.8, 4) is 17.4 Å². The van der Waals surface area contributed by atoms with Crippen molar-refractivity contribution in [2.24, 2.45) is 0 Å². The summed E-state index contributed by atoms with van der Waals surface area (Å²) in [6, 6.07) is 9.45. The first-order valence-corrected chi connectivity index (χ1v) is 11.8. The summed E-state index contributed by atoms with van der Waals surface area (Å²) >= 11 is 12.3. The second kappa shape index (κ2) is 10.2. The molecule has 3 N–H and O–H groups in total. The van der Waals surface area contributed by atoms with Crippen molar-refractivity contribution in [2.75, 3.05) is 43.5 Å². The van der Waals surface area contributed by atoms with Gasteiger partial charge in [0.15, 0.2) is 5.75 Å². The molecular weight excluding hydrogens is 510 g/mol. The van der Waals surface area contributed by atoms with Crippen molar-refractivity contribution in [3.63, 3.8) is 0 Å². The minimum atomic E-state index is -0.599. The normalized spacial score (nSPS) is 13.6. The molecular formula is C24H21Cl2FN6O3. The second-order valence-electron chi connectivity index (χ2n) is 8.02. The molecule has 1 aliphatic heterocycles. The van der Waals surface area contributed by atoms with E-state index in [0.717, 1.165) is 44.0 Å². The van der Waals surface area contributed by atoms with Crippen molar-refractivity contribution in [1.82, 2.24) is 20.5 Å². The van der Waals surface area contributed by atoms with Crippen LogP contribution in [-0.4, -0.2) is 48.5 Å². The van der Waals surface area contributed by atoms with Gasteiger partial charge in [0.1, 0.15) is 17.4 Å². The van der Waals surface area contributed by atoms with Gasteiger partial charge in [-0.25, -0.2) is 9.49 Å². The van der Waals surface area contributed by atoms with Crippen LogP contribution in [0.1, 0.15) is 0 Å². The van der Waals surface area contributed by atoms with Crippen LogP contribution in [0.4, 0.5) is 21.6 Å². The Hall–Kier alpha value is -3.60. The molecule has 0 aliphatic carbocycles. The number of rotatable bonds is 6. The molecule has 5 rings (SSSR count). The first-order chi connectivity index (χ1) is 17.4. The van der Waals surface area contributed by atoms with Crippen LogP contribution in [0.15, 0.2) is 47.4 Å². The lowest BCUT2D eigenvalue weighted by molar-refractivity contribution is 0.416. The summed E-state index contributed by atoms with van der Waals surface area (Å²) in [6.07, 6.45) is 1.47. The largest absolute Gasteiger partial charge is 0.494 e. The Balaban J connectivity index is 1.55. The van der Waals surface area contributed by atoms with E-state index in [1.807, 2.05) is 18.2 Å². The highest BCUT2D eigenvalue weighted by atomic mass is 35.5. The van der Waals surface area contributed by atoms with Crippen LogP contribution in [0.2, 0.25) is 10.0 Å². The smallest absolute Gasteiger partial charge is 0.275 e. The summed E-state index contributed by atoms with van der Waals surface area (Å²) < 4.78 is 25.0. The van der Waals surface area contributed by atoms with Gasteiger partial charge in [0, 0.05) is 49.4 Å². The number of aromatic nitrogens is 3. The Morgan fingerprint density at radius 2 is 1.86 bits per heavy atom. The number of nitrogens with zero attached hydrogens (tertiary/aromatic N) is 3. The molecule has 2 aromatic heterocycles. The van der Waals surface area contributed by atoms with E-state index in [0.29, 0.717) is 16.8 Å². The van der Waals surface area contributed by atoms with Crippen LogP contribution in [0.5, 0.6) is 17.4 Å². The maximum atomic E-state index is 13.6. The number of aromatic amines is 1. The molecule has 0 radical (unpaired) electrons. The molecule has 2 aromatic carbocycles. The molecule has 1 saturated heterocycles. The minimum Gasteiger partial charge on any atom is -0.494 e. The molecule has 12 heteroatoms. The predicted molar refractivity (Wildman–Crippen MR) is 138 cm³/mol. The summed E-state index contributed by atoms with van der Waals surface area (Å²) in [6.45, 7) is 3.59. The van der Waals surface area contributed by atoms with Gasteiger partial charge < -0.3 is 25.0 Å². The molecule has 9 nitrogen and oxygen atoms in total. The third kappa shape index (κ3) is 4.88. The highest BCUT2D eigenvalue weighted by Crippen LogP contribution is 2.39. The van der Waals surface area contributed by atoms with Gasteiger partial charge in [-0.15, -0.1) is 0 Å². The molecule has 36 heavy (non-hydrogen) atoms. The molecule has 0 spiro atoms. The number of pyridine rings is 1. The Kier molecular flexibility index (Phi) is 6.82. The van der Waals surface area contributed by atoms with Gasteiger partial charge in [-0.3, -0.25) is 4.79 Å². The van der Waals surface area contributed by atoms with E-state index in [9.17, 15) is 9.18 Å². The van der Waals surface area contributed by atoms with Gasteiger partial charge in [-0.2, -0.15) is 10.1 Å². The molecule has 0 atom stereocenters. The van der Waals surface area contributed by atoms with Crippen LogP contribution < -0.4 is 30.6 Å². The number of ether oxygens (including phenoxy) is 2. The number of H-pyrrole nitrogens is 1. The van der Waals surface area contributed by atoms with E-state index in [-0.39, 0.29) is 32.9 Å². The van der Waals surface area contributed by atoms with E-state index in [1.54, 1.807) is 7.11 Å². The number of benzene rings is 2. The fourth-order valence-corrected chi connectivity index (χ4v) is 4.54. The molecule has 1 fully saturated rings. The van der Waals surface area contributed by atoms with Crippen molar-refractivity contribution >= 4 is 51.2 Å². The number of hydrogen-bond donors (Lipinski definition) is 3. The number of hydrogen-bond acceptors (Lipinski definition) is 8. The third-order valence-corrected chi connectivity index (χ3v) is 6.27. The Bertz CT molecular complexity index is 1470. The van der Waals surface area contributed by atoms with Crippen molar-refractivity contribution in [1.29, 1.82) is 0 Å². The van der Waals surface area contributed by atoms with Crippen molar-refractivity contribution in [2.45, 2.75) is 0 Å². The summed E-state index contributed by atoms with van der Waals surface area (Å²) in [7, 11) is 1.57. The molecule has 4 aromatic rings. The Labute approximate surface area is 215 Å². The van der Waals surface area contributed by atoms with Gasteiger partial charge in [0.2, 0.25) is 5.88 Å². The van der Waals surface area contributed by atoms with Gasteiger partial charge in [-0.1, -0.05) is 23.2 Å². The lowest BCUT2D eigenvalue weighted by atomic mass is 10.2. The maximum Gasteiger partial charge on any atom is 0.275 e. The number of fused-ring (bicyclic) bond motifs is 1. The lowest BCUT2D eigenvalue weighted by Gasteiger charge is -2.30. The standard InChI is InChI=1S/C24H21Cl2FN6O3/c1-35-19-11-15(33-6-4-28-5-7-33)2-3-18(19)30-23-21-13(12-29-32-24(21)34)8-20(31-23)36-22-16(25)9-14(27)10-17(22)26/h2-3,8-12,28H,4-7H2,1H3,(H,30,31)(H,32,34). The molecule has 0 amide bonds. The highest BCUT2D eigenvalue weighted by Gasteiger charge is 2.18. The first kappa shape index (κ1) is 24.1. The van der Waals surface area contributed by atoms with Gasteiger partial charge in [-0.05, 0) is 24.3 Å². The minimum absolute atomic E-state index is 0.0226. The number of nitrogens with one attached hydrogen (secondary N) is 3. The zero-order valence-corrected chi connectivity index (χ0v) is 20.6. The maximum absolute atomic E-state index is 13.6. The van der Waals surface area contributed by atoms with Crippen LogP contribution in [-0.2, 0) is 0 Å². The second-order valence-corrected chi connectivity index (χ2v) is 8.83. The summed E-state index contributed by atoms with van der Waals surface area (Å²) in [5, 5.41) is 13.5. The molecule has 0 bridgehead atoms. The highest BCUT2D eigenvalue weighted by molar-refractivity contribution is 6.37. The fourth-order valence-electron chi connectivity index (χ4n) is 4.00. The SMILES string of the molecule is COc1cc(N2CCNCC2)ccc1Nc1nc(Oc2c(Cl)cc(F)cc2Cl)cc2cn[nH]c(=O)c12. The molecule has 186 valence electrons. The molecule has 3 heterocycles. The number of halogens is 3. The molecule has 0 unspecified atom stereocenters. The zero-order valence-electron chi connectivity index (χ0n) is 19.1. The lowest BCUT2D eigenvalue weighted by Crippen LogP contribution is -2.43. The van der Waals surface area contributed by atoms with Crippen molar-refractivity contribution < 1.29 is 13.9 Å². The Morgan fingerprint density at radius 1 is 1.11 bits per heavy atom. The number of methoxy groups -OCH3 is 1. The van der Waals surface area contributed by atoms with Crippen LogP contribution in [0.25, 0.3) is 10.8 Å². The van der Waals surface area contributed by atoms with Crippen LogP contribution >= 0.6 is 23.2 Å². The monoisotopic (exact) mass is 530 g/mol. The summed E-state index contributed by atoms with van der Waals surface area (Å²) in [5.74, 6) is 0.284. The van der Waals surface area contributed by atoms with Crippen LogP contribution in [0, 0.1) is 5.82 Å². The van der Waals surface area contributed by atoms with Gasteiger partial charge in [0.05, 0.1) is 34.4 Å². The van der Waals surface area contributed by atoms with E-state index >= 15 is 0 Å².